The van der Waals surface area contributed by atoms with E-state index < -0.39 is 0 Å². The first-order valence-corrected chi connectivity index (χ1v) is 8.77. The first-order chi connectivity index (χ1) is 11.7. The van der Waals surface area contributed by atoms with Gasteiger partial charge in [-0.1, -0.05) is 29.5 Å². The van der Waals surface area contributed by atoms with E-state index in [9.17, 15) is 9.18 Å². The van der Waals surface area contributed by atoms with Crippen molar-refractivity contribution in [2.75, 3.05) is 0 Å². The van der Waals surface area contributed by atoms with Gasteiger partial charge in [-0.05, 0) is 47.4 Å². The topological polar surface area (TPSA) is 47.3 Å². The Morgan fingerprint density at radius 3 is 2.83 bits per heavy atom. The normalized spacial score (nSPS) is 12.6. The second-order valence-electron chi connectivity index (χ2n) is 4.98. The van der Waals surface area contributed by atoms with Crippen molar-refractivity contribution < 1.29 is 4.39 Å². The number of hydrogen-bond acceptors (Lipinski definition) is 5. The van der Waals surface area contributed by atoms with Crippen molar-refractivity contribution in [1.82, 2.24) is 14.6 Å². The number of halogens is 1. The Balaban J connectivity index is 1.72. The Bertz CT molecular complexity index is 1140. The zero-order chi connectivity index (χ0) is 16.5. The third-order valence-corrected chi connectivity index (χ3v) is 5.08. The fourth-order valence-corrected chi connectivity index (χ4v) is 3.74. The van der Waals surface area contributed by atoms with Gasteiger partial charge in [0.15, 0.2) is 5.82 Å². The number of nitrogens with zero attached hydrogens (tertiary/aromatic N) is 3. The highest BCUT2D eigenvalue weighted by atomic mass is 32.1. The average molecular weight is 355 g/mol. The molecule has 0 aliphatic carbocycles. The molecule has 118 valence electrons. The maximum atomic E-state index is 13.2. The van der Waals surface area contributed by atoms with Gasteiger partial charge >= 0.3 is 0 Å². The zero-order valence-corrected chi connectivity index (χ0v) is 13.9. The molecular formula is C17H10FN3OS2. The molecule has 0 amide bonds. The molecule has 3 aromatic heterocycles. The molecule has 0 aliphatic rings. The highest BCUT2D eigenvalue weighted by Gasteiger charge is 2.08. The Hall–Kier alpha value is -2.64. The Labute approximate surface area is 143 Å². The number of thiophene rings is 1. The molecule has 0 unspecified atom stereocenters. The van der Waals surface area contributed by atoms with Gasteiger partial charge in [0.1, 0.15) is 5.82 Å². The van der Waals surface area contributed by atoms with E-state index in [1.54, 1.807) is 35.6 Å². The summed E-state index contributed by atoms with van der Waals surface area (Å²) in [6.07, 6.45) is 5.34. The third kappa shape index (κ3) is 2.91. The smallest absolute Gasteiger partial charge is 0.266 e. The largest absolute Gasteiger partial charge is 0.291 e. The number of benzene rings is 1. The van der Waals surface area contributed by atoms with E-state index in [-0.39, 0.29) is 11.4 Å². The van der Waals surface area contributed by atoms with E-state index in [0.29, 0.717) is 20.9 Å². The molecule has 0 fully saturated rings. The van der Waals surface area contributed by atoms with E-state index in [2.05, 4.69) is 10.1 Å². The van der Waals surface area contributed by atoms with Gasteiger partial charge in [0.25, 0.3) is 5.56 Å². The van der Waals surface area contributed by atoms with E-state index >= 15 is 0 Å². The van der Waals surface area contributed by atoms with Crippen molar-refractivity contribution in [1.29, 1.82) is 0 Å². The molecule has 0 bridgehead atoms. The maximum Gasteiger partial charge on any atom is 0.291 e. The molecule has 0 saturated heterocycles. The van der Waals surface area contributed by atoms with Gasteiger partial charge < -0.3 is 0 Å². The fourth-order valence-electron chi connectivity index (χ4n) is 2.21. The summed E-state index contributed by atoms with van der Waals surface area (Å²) in [7, 11) is 0. The van der Waals surface area contributed by atoms with Crippen molar-refractivity contribution in [3.8, 4) is 0 Å². The van der Waals surface area contributed by atoms with Crippen molar-refractivity contribution in [3.05, 3.63) is 78.7 Å². The number of fused-ring (bicyclic) bond motifs is 1. The molecule has 0 N–H and O–H groups in total. The standard InChI is InChI=1S/C17H10FN3OS2/c18-12-4-1-3-11(9-12)10-14-16(22)21-17(24-14)19-15(20-21)7-6-13-5-2-8-23-13/h1-10H/b7-6+,14-10-. The van der Waals surface area contributed by atoms with Crippen molar-refractivity contribution >= 4 is 45.9 Å². The Morgan fingerprint density at radius 2 is 2.08 bits per heavy atom. The van der Waals surface area contributed by atoms with Gasteiger partial charge in [0.05, 0.1) is 4.53 Å². The molecule has 3 heterocycles. The first kappa shape index (κ1) is 14.9. The molecule has 4 aromatic rings. The number of rotatable bonds is 3. The molecule has 0 radical (unpaired) electrons. The van der Waals surface area contributed by atoms with Gasteiger partial charge in [0, 0.05) is 4.88 Å². The second-order valence-corrected chi connectivity index (χ2v) is 6.97. The Kier molecular flexibility index (Phi) is 3.79. The highest BCUT2D eigenvalue weighted by Crippen LogP contribution is 2.12. The minimum absolute atomic E-state index is 0.248. The number of hydrogen-bond donors (Lipinski definition) is 0. The molecule has 0 atom stereocenters. The SMILES string of the molecule is O=c1/c(=C/c2cccc(F)c2)sc2nc(/C=C/c3cccs3)nn12. The fraction of sp³-hybridized carbons (Fsp3) is 0. The van der Waals surface area contributed by atoms with E-state index in [1.165, 1.54) is 28.0 Å². The van der Waals surface area contributed by atoms with Crippen LogP contribution in [0.2, 0.25) is 0 Å². The van der Waals surface area contributed by atoms with E-state index in [4.69, 9.17) is 0 Å². The lowest BCUT2D eigenvalue weighted by Crippen LogP contribution is -2.23. The Morgan fingerprint density at radius 1 is 1.17 bits per heavy atom. The lowest BCUT2D eigenvalue weighted by Gasteiger charge is -1.90. The lowest BCUT2D eigenvalue weighted by atomic mass is 10.2. The summed E-state index contributed by atoms with van der Waals surface area (Å²) in [5.74, 6) is 0.153. The van der Waals surface area contributed by atoms with Gasteiger partial charge in [-0.15, -0.1) is 16.4 Å². The number of thiazole rings is 1. The highest BCUT2D eigenvalue weighted by molar-refractivity contribution is 7.15. The first-order valence-electron chi connectivity index (χ1n) is 7.07. The van der Waals surface area contributed by atoms with E-state index in [0.717, 1.165) is 4.88 Å². The summed E-state index contributed by atoms with van der Waals surface area (Å²) < 4.78 is 15.0. The molecule has 4 nitrogen and oxygen atoms in total. The summed E-state index contributed by atoms with van der Waals surface area (Å²) in [4.78, 5) is 18.3. The molecule has 4 rings (SSSR count). The van der Waals surface area contributed by atoms with Crippen LogP contribution in [0.4, 0.5) is 4.39 Å². The maximum absolute atomic E-state index is 13.2. The zero-order valence-electron chi connectivity index (χ0n) is 12.2. The summed E-state index contributed by atoms with van der Waals surface area (Å²) in [5, 5.41) is 6.21. The molecular weight excluding hydrogens is 345 g/mol. The second kappa shape index (κ2) is 6.10. The third-order valence-electron chi connectivity index (χ3n) is 3.28. The summed E-state index contributed by atoms with van der Waals surface area (Å²) >= 11 is 2.85. The van der Waals surface area contributed by atoms with Crippen LogP contribution >= 0.6 is 22.7 Å². The van der Waals surface area contributed by atoms with Gasteiger partial charge in [-0.2, -0.15) is 9.50 Å². The quantitative estimate of drug-likeness (QED) is 0.567. The van der Waals surface area contributed by atoms with Crippen LogP contribution in [0, 0.1) is 5.82 Å². The van der Waals surface area contributed by atoms with Crippen LogP contribution < -0.4 is 10.1 Å². The van der Waals surface area contributed by atoms with Gasteiger partial charge in [-0.3, -0.25) is 4.79 Å². The van der Waals surface area contributed by atoms with Crippen LogP contribution in [-0.2, 0) is 0 Å². The molecule has 7 heteroatoms. The summed E-state index contributed by atoms with van der Waals surface area (Å²) in [6, 6.07) is 10.1. The van der Waals surface area contributed by atoms with Gasteiger partial charge in [-0.25, -0.2) is 4.39 Å². The van der Waals surface area contributed by atoms with Crippen molar-refractivity contribution in [2.24, 2.45) is 0 Å². The molecule has 24 heavy (non-hydrogen) atoms. The van der Waals surface area contributed by atoms with Crippen LogP contribution in [0.5, 0.6) is 0 Å². The lowest BCUT2D eigenvalue weighted by molar-refractivity contribution is 0.627. The summed E-state index contributed by atoms with van der Waals surface area (Å²) in [5.41, 5.74) is 0.386. The van der Waals surface area contributed by atoms with Crippen LogP contribution in [0.15, 0.2) is 46.6 Å². The van der Waals surface area contributed by atoms with Crippen molar-refractivity contribution in [3.63, 3.8) is 0 Å². The number of aromatic nitrogens is 3. The molecule has 0 saturated carbocycles. The van der Waals surface area contributed by atoms with Crippen LogP contribution in [0.3, 0.4) is 0 Å². The minimum Gasteiger partial charge on any atom is -0.266 e. The van der Waals surface area contributed by atoms with Crippen molar-refractivity contribution in [2.45, 2.75) is 0 Å². The average Bonchev–Trinajstić information content (AvgIpc) is 3.25. The predicted octanol–water partition coefficient (Wildman–Crippen LogP) is 3.07. The minimum atomic E-state index is -0.336. The van der Waals surface area contributed by atoms with Crippen LogP contribution in [0.1, 0.15) is 16.3 Å². The monoisotopic (exact) mass is 355 g/mol. The van der Waals surface area contributed by atoms with Crippen LogP contribution in [-0.4, -0.2) is 14.6 Å². The molecule has 1 aromatic carbocycles. The van der Waals surface area contributed by atoms with Gasteiger partial charge in [0.2, 0.25) is 4.96 Å². The molecule has 0 spiro atoms. The molecule has 0 aliphatic heterocycles. The summed E-state index contributed by atoms with van der Waals surface area (Å²) in [6.45, 7) is 0. The predicted molar refractivity (Wildman–Crippen MR) is 95.6 cm³/mol. The van der Waals surface area contributed by atoms with E-state index in [1.807, 2.05) is 23.6 Å². The van der Waals surface area contributed by atoms with Crippen LogP contribution in [0.25, 0.3) is 23.2 Å².